The number of halogens is 1. The summed E-state index contributed by atoms with van der Waals surface area (Å²) in [7, 11) is 1.49. The zero-order valence-electron chi connectivity index (χ0n) is 10.4. The van der Waals surface area contributed by atoms with E-state index < -0.39 is 24.9 Å². The molecular formula is C13H20FNO3. The highest BCUT2D eigenvalue weighted by molar-refractivity contribution is 5.25. The lowest BCUT2D eigenvalue weighted by Gasteiger charge is -2.20. The summed E-state index contributed by atoms with van der Waals surface area (Å²) in [6.45, 7) is -0.918. The number of benzene rings is 1. The predicted octanol–water partition coefficient (Wildman–Crippen LogP) is 0.567. The van der Waals surface area contributed by atoms with Crippen LogP contribution < -0.4 is 5.73 Å². The third kappa shape index (κ3) is 4.03. The van der Waals surface area contributed by atoms with Crippen molar-refractivity contribution in [2.45, 2.75) is 24.7 Å². The monoisotopic (exact) mass is 257 g/mol. The molecule has 0 aliphatic carbocycles. The summed E-state index contributed by atoms with van der Waals surface area (Å²) >= 11 is 0. The van der Waals surface area contributed by atoms with Crippen molar-refractivity contribution in [2.24, 2.45) is 5.73 Å². The van der Waals surface area contributed by atoms with E-state index in [0.717, 1.165) is 11.1 Å². The minimum Gasteiger partial charge on any atom is -0.394 e. The molecule has 0 bridgehead atoms. The first-order chi connectivity index (χ1) is 8.62. The minimum atomic E-state index is -0.762. The summed E-state index contributed by atoms with van der Waals surface area (Å²) < 4.78 is 17.7. The molecule has 4 N–H and O–H groups in total. The minimum absolute atomic E-state index is 0.269. The van der Waals surface area contributed by atoms with Crippen LogP contribution in [0.4, 0.5) is 4.39 Å². The number of hydrogen-bond acceptors (Lipinski definition) is 4. The Morgan fingerprint density at radius 3 is 2.39 bits per heavy atom. The normalized spacial score (nSPS) is 16.3. The summed E-state index contributed by atoms with van der Waals surface area (Å²) in [6.07, 6.45) is -0.863. The number of aliphatic hydroxyl groups excluding tert-OH is 2. The van der Waals surface area contributed by atoms with E-state index in [9.17, 15) is 9.50 Å². The van der Waals surface area contributed by atoms with Gasteiger partial charge in [0.1, 0.15) is 6.67 Å². The maximum atomic E-state index is 12.5. The third-order valence-corrected chi connectivity index (χ3v) is 2.81. The van der Waals surface area contributed by atoms with Crippen LogP contribution in [0.2, 0.25) is 0 Å². The molecular weight excluding hydrogens is 237 g/mol. The number of ether oxygens (including phenoxy) is 1. The molecule has 0 fully saturated rings. The van der Waals surface area contributed by atoms with E-state index in [1.165, 1.54) is 7.11 Å². The maximum absolute atomic E-state index is 12.5. The average Bonchev–Trinajstić information content (AvgIpc) is 2.41. The van der Waals surface area contributed by atoms with E-state index in [-0.39, 0.29) is 6.61 Å². The Morgan fingerprint density at radius 1 is 1.33 bits per heavy atom. The number of methoxy groups -OCH3 is 1. The van der Waals surface area contributed by atoms with E-state index in [1.807, 2.05) is 12.1 Å². The number of hydrogen-bond donors (Lipinski definition) is 3. The quantitative estimate of drug-likeness (QED) is 0.667. The smallest absolute Gasteiger partial charge is 0.107 e. The third-order valence-electron chi connectivity index (χ3n) is 2.81. The van der Waals surface area contributed by atoms with Crippen molar-refractivity contribution in [3.8, 4) is 0 Å². The van der Waals surface area contributed by atoms with Crippen molar-refractivity contribution >= 4 is 0 Å². The molecule has 3 atom stereocenters. The van der Waals surface area contributed by atoms with E-state index >= 15 is 0 Å². The molecule has 1 aromatic carbocycles. The van der Waals surface area contributed by atoms with Crippen LogP contribution in [0.25, 0.3) is 0 Å². The van der Waals surface area contributed by atoms with Gasteiger partial charge < -0.3 is 20.7 Å². The van der Waals surface area contributed by atoms with Crippen molar-refractivity contribution in [1.82, 2.24) is 0 Å². The lowest BCUT2D eigenvalue weighted by atomic mass is 10.00. The van der Waals surface area contributed by atoms with Crippen molar-refractivity contribution in [1.29, 1.82) is 0 Å². The second-order valence-electron chi connectivity index (χ2n) is 4.26. The van der Waals surface area contributed by atoms with Gasteiger partial charge in [-0.05, 0) is 11.1 Å². The lowest BCUT2D eigenvalue weighted by molar-refractivity contribution is 0.0720. The average molecular weight is 257 g/mol. The molecule has 0 radical (unpaired) electrons. The number of rotatable bonds is 7. The van der Waals surface area contributed by atoms with Crippen LogP contribution in [0.15, 0.2) is 24.3 Å². The van der Waals surface area contributed by atoms with E-state index in [4.69, 9.17) is 15.6 Å². The van der Waals surface area contributed by atoms with E-state index in [0.29, 0.717) is 6.42 Å². The fourth-order valence-corrected chi connectivity index (χ4v) is 1.82. The molecule has 1 rings (SSSR count). The molecule has 18 heavy (non-hydrogen) atoms. The Morgan fingerprint density at radius 2 is 1.94 bits per heavy atom. The first-order valence-corrected chi connectivity index (χ1v) is 5.84. The van der Waals surface area contributed by atoms with Gasteiger partial charge in [0.05, 0.1) is 24.9 Å². The molecule has 0 saturated heterocycles. The van der Waals surface area contributed by atoms with Gasteiger partial charge in [-0.1, -0.05) is 24.3 Å². The predicted molar refractivity (Wildman–Crippen MR) is 66.9 cm³/mol. The Kier molecular flexibility index (Phi) is 6.21. The highest BCUT2D eigenvalue weighted by Gasteiger charge is 2.19. The van der Waals surface area contributed by atoms with Gasteiger partial charge in [-0.3, -0.25) is 0 Å². The number of nitrogens with two attached hydrogens (primary N) is 1. The molecule has 0 spiro atoms. The standard InChI is InChI=1S/C13H20FNO3/c1-18-13(12(15)7-14)10-4-2-9(3-5-10)6-11(17)8-16/h2-5,11-13,16-17H,6-8,15H2,1H3/t11?,12-,13-/m1/s1. The molecule has 1 aromatic rings. The summed E-state index contributed by atoms with van der Waals surface area (Å²) in [5.41, 5.74) is 7.32. The molecule has 1 unspecified atom stereocenters. The van der Waals surface area contributed by atoms with Crippen LogP contribution in [0.3, 0.4) is 0 Å². The van der Waals surface area contributed by atoms with Gasteiger partial charge in [0.15, 0.2) is 0 Å². The zero-order chi connectivity index (χ0) is 13.5. The van der Waals surface area contributed by atoms with E-state index in [2.05, 4.69) is 0 Å². The van der Waals surface area contributed by atoms with Gasteiger partial charge in [-0.25, -0.2) is 4.39 Å². The second-order valence-corrected chi connectivity index (χ2v) is 4.26. The second kappa shape index (κ2) is 7.43. The zero-order valence-corrected chi connectivity index (χ0v) is 10.4. The van der Waals surface area contributed by atoms with Gasteiger partial charge in [-0.15, -0.1) is 0 Å². The van der Waals surface area contributed by atoms with Gasteiger partial charge in [-0.2, -0.15) is 0 Å². The summed E-state index contributed by atoms with van der Waals surface area (Å²) in [4.78, 5) is 0. The lowest BCUT2D eigenvalue weighted by Crippen LogP contribution is -2.31. The van der Waals surface area contributed by atoms with Crippen LogP contribution in [-0.4, -0.2) is 42.8 Å². The van der Waals surface area contributed by atoms with Crippen molar-refractivity contribution < 1.29 is 19.3 Å². The van der Waals surface area contributed by atoms with Crippen molar-refractivity contribution in [2.75, 3.05) is 20.4 Å². The summed E-state index contributed by atoms with van der Waals surface area (Å²) in [5.74, 6) is 0. The molecule has 0 aromatic heterocycles. The largest absolute Gasteiger partial charge is 0.394 e. The fourth-order valence-electron chi connectivity index (χ4n) is 1.82. The number of alkyl halides is 1. The molecule has 0 heterocycles. The van der Waals surface area contributed by atoms with Gasteiger partial charge >= 0.3 is 0 Å². The molecule has 0 amide bonds. The molecule has 0 aliphatic heterocycles. The first-order valence-electron chi connectivity index (χ1n) is 5.84. The van der Waals surface area contributed by atoms with Crippen LogP contribution in [0.1, 0.15) is 17.2 Å². The van der Waals surface area contributed by atoms with Crippen LogP contribution in [0, 0.1) is 0 Å². The van der Waals surface area contributed by atoms with Crippen LogP contribution in [0.5, 0.6) is 0 Å². The van der Waals surface area contributed by atoms with Gasteiger partial charge in [0, 0.05) is 13.5 Å². The molecule has 4 nitrogen and oxygen atoms in total. The SMILES string of the molecule is CO[C@H](c1ccc(CC(O)CO)cc1)[C@H](N)CF. The number of aliphatic hydroxyl groups is 2. The van der Waals surface area contributed by atoms with Crippen LogP contribution in [-0.2, 0) is 11.2 Å². The molecule has 0 aliphatic rings. The van der Waals surface area contributed by atoms with Crippen molar-refractivity contribution in [3.05, 3.63) is 35.4 Å². The highest BCUT2D eigenvalue weighted by atomic mass is 19.1. The molecule has 0 saturated carbocycles. The summed E-state index contributed by atoms with van der Waals surface area (Å²) in [5, 5.41) is 18.1. The summed E-state index contributed by atoms with van der Waals surface area (Å²) in [6, 6.07) is 6.52. The molecule has 102 valence electrons. The highest BCUT2D eigenvalue weighted by Crippen LogP contribution is 2.20. The van der Waals surface area contributed by atoms with Crippen LogP contribution >= 0.6 is 0 Å². The molecule has 5 heteroatoms. The maximum Gasteiger partial charge on any atom is 0.107 e. The Labute approximate surface area is 106 Å². The van der Waals surface area contributed by atoms with Crippen molar-refractivity contribution in [3.63, 3.8) is 0 Å². The first kappa shape index (κ1) is 15.0. The topological polar surface area (TPSA) is 75.7 Å². The van der Waals surface area contributed by atoms with Gasteiger partial charge in [0.25, 0.3) is 0 Å². The fraction of sp³-hybridized carbons (Fsp3) is 0.538. The Bertz CT molecular complexity index is 345. The van der Waals surface area contributed by atoms with Gasteiger partial charge in [0.2, 0.25) is 0 Å². The Balaban J connectivity index is 2.74. The Hall–Kier alpha value is -1.01. The van der Waals surface area contributed by atoms with E-state index in [1.54, 1.807) is 12.1 Å².